The van der Waals surface area contributed by atoms with Gasteiger partial charge in [0.1, 0.15) is 6.10 Å². The fourth-order valence-electron chi connectivity index (χ4n) is 4.44. The van der Waals surface area contributed by atoms with Crippen LogP contribution in [-0.4, -0.2) is 66.3 Å². The van der Waals surface area contributed by atoms with E-state index in [2.05, 4.69) is 14.7 Å². The summed E-state index contributed by atoms with van der Waals surface area (Å²) in [6, 6.07) is 2.87. The molecular weight excluding hydrogens is 499 g/mol. The molecule has 0 amide bonds. The van der Waals surface area contributed by atoms with Crippen molar-refractivity contribution in [3.63, 3.8) is 0 Å². The van der Waals surface area contributed by atoms with Crippen LogP contribution >= 0.6 is 0 Å². The van der Waals surface area contributed by atoms with E-state index in [1.54, 1.807) is 0 Å². The molecule has 0 spiro atoms. The SMILES string of the molecule is CS(=O)(=O)N1CCC(c2ccc(OC3CCN(Cc4nc(C(F)(F)F)no4)CC3)c(F)c2F)CC1. The molecule has 0 atom stereocenters. The fraction of sp³-hybridized carbons (Fsp3) is 0.619. The molecule has 4 rings (SSSR count). The van der Waals surface area contributed by atoms with E-state index in [1.165, 1.54) is 16.4 Å². The van der Waals surface area contributed by atoms with Crippen LogP contribution in [0.4, 0.5) is 22.0 Å². The Labute approximate surface area is 199 Å². The van der Waals surface area contributed by atoms with Gasteiger partial charge in [-0.05, 0) is 43.2 Å². The summed E-state index contributed by atoms with van der Waals surface area (Å²) in [5, 5.41) is 2.93. The van der Waals surface area contributed by atoms with Crippen LogP contribution in [0.3, 0.4) is 0 Å². The number of hydrogen-bond donors (Lipinski definition) is 0. The monoisotopic (exact) mass is 524 g/mol. The number of alkyl halides is 3. The van der Waals surface area contributed by atoms with Gasteiger partial charge in [0.15, 0.2) is 11.6 Å². The maximum Gasteiger partial charge on any atom is 0.455 e. The molecule has 194 valence electrons. The third-order valence-electron chi connectivity index (χ3n) is 6.35. The van der Waals surface area contributed by atoms with Crippen molar-refractivity contribution in [3.8, 4) is 5.75 Å². The lowest BCUT2D eigenvalue weighted by molar-refractivity contribution is -0.146. The van der Waals surface area contributed by atoms with E-state index in [0.29, 0.717) is 38.8 Å². The standard InChI is InChI=1S/C21H25F5N4O4S/c1-35(31,32)30-10-4-13(5-11-30)15-2-3-16(19(23)18(15)22)33-14-6-8-29(9-7-14)12-17-27-20(28-34-17)21(24,25)26/h2-3,13-14H,4-12H2,1H3. The molecule has 1 aromatic carbocycles. The van der Waals surface area contributed by atoms with Gasteiger partial charge >= 0.3 is 6.18 Å². The minimum atomic E-state index is -4.68. The van der Waals surface area contributed by atoms with Crippen molar-refractivity contribution in [1.82, 2.24) is 19.3 Å². The molecule has 3 heterocycles. The van der Waals surface area contributed by atoms with Gasteiger partial charge in [0.2, 0.25) is 21.7 Å². The smallest absolute Gasteiger partial charge is 0.455 e. The van der Waals surface area contributed by atoms with Crippen molar-refractivity contribution in [1.29, 1.82) is 0 Å². The number of ether oxygens (including phenoxy) is 1. The molecule has 0 unspecified atom stereocenters. The molecule has 14 heteroatoms. The number of hydrogen-bond acceptors (Lipinski definition) is 7. The number of sulfonamides is 1. The highest BCUT2D eigenvalue weighted by Gasteiger charge is 2.37. The topological polar surface area (TPSA) is 88.8 Å². The highest BCUT2D eigenvalue weighted by molar-refractivity contribution is 7.88. The Morgan fingerprint density at radius 1 is 1.06 bits per heavy atom. The second-order valence-corrected chi connectivity index (χ2v) is 10.8. The first kappa shape index (κ1) is 25.8. The average Bonchev–Trinajstić information content (AvgIpc) is 3.27. The highest BCUT2D eigenvalue weighted by atomic mass is 32.2. The zero-order chi connectivity index (χ0) is 25.4. The highest BCUT2D eigenvalue weighted by Crippen LogP contribution is 2.35. The largest absolute Gasteiger partial charge is 0.487 e. The number of aromatic nitrogens is 2. The van der Waals surface area contributed by atoms with Gasteiger partial charge in [-0.15, -0.1) is 0 Å². The van der Waals surface area contributed by atoms with Crippen molar-refractivity contribution in [2.75, 3.05) is 32.4 Å². The predicted octanol–water partition coefficient (Wildman–Crippen LogP) is 3.55. The van der Waals surface area contributed by atoms with Crippen LogP contribution in [0.2, 0.25) is 0 Å². The van der Waals surface area contributed by atoms with Gasteiger partial charge in [-0.2, -0.15) is 22.5 Å². The van der Waals surface area contributed by atoms with Crippen LogP contribution in [0, 0.1) is 11.6 Å². The van der Waals surface area contributed by atoms with Gasteiger partial charge < -0.3 is 9.26 Å². The Hall–Kier alpha value is -2.32. The molecule has 0 saturated carbocycles. The first-order chi connectivity index (χ1) is 16.4. The van der Waals surface area contributed by atoms with E-state index in [1.807, 2.05) is 4.90 Å². The molecule has 35 heavy (non-hydrogen) atoms. The molecular formula is C21H25F5N4O4S. The van der Waals surface area contributed by atoms with E-state index < -0.39 is 39.8 Å². The molecule has 8 nitrogen and oxygen atoms in total. The van der Waals surface area contributed by atoms with Crippen molar-refractivity contribution in [2.45, 2.75) is 50.4 Å². The maximum absolute atomic E-state index is 14.8. The van der Waals surface area contributed by atoms with Crippen molar-refractivity contribution < 1.29 is 39.6 Å². The van der Waals surface area contributed by atoms with Gasteiger partial charge in [-0.25, -0.2) is 17.1 Å². The maximum atomic E-state index is 14.8. The van der Waals surface area contributed by atoms with Gasteiger partial charge in [0.05, 0.1) is 12.8 Å². The fourth-order valence-corrected chi connectivity index (χ4v) is 5.32. The quantitative estimate of drug-likeness (QED) is 0.534. The number of rotatable bonds is 6. The summed E-state index contributed by atoms with van der Waals surface area (Å²) < 4.78 is 102. The summed E-state index contributed by atoms with van der Waals surface area (Å²) in [6.07, 6.45) is -2.25. The zero-order valence-corrected chi connectivity index (χ0v) is 19.7. The Morgan fingerprint density at radius 3 is 2.29 bits per heavy atom. The minimum Gasteiger partial charge on any atom is -0.487 e. The summed E-state index contributed by atoms with van der Waals surface area (Å²) >= 11 is 0. The average molecular weight is 525 g/mol. The van der Waals surface area contributed by atoms with E-state index >= 15 is 0 Å². The second-order valence-electron chi connectivity index (χ2n) is 8.82. The van der Waals surface area contributed by atoms with Crippen molar-refractivity contribution >= 4 is 10.0 Å². The van der Waals surface area contributed by atoms with Crippen LogP contribution in [0.15, 0.2) is 16.7 Å². The Morgan fingerprint density at radius 2 is 1.71 bits per heavy atom. The van der Waals surface area contributed by atoms with Crippen molar-refractivity contribution in [2.24, 2.45) is 0 Å². The number of halogens is 5. The van der Waals surface area contributed by atoms with E-state index in [0.717, 1.165) is 6.26 Å². The summed E-state index contributed by atoms with van der Waals surface area (Å²) in [7, 11) is -3.31. The lowest BCUT2D eigenvalue weighted by atomic mass is 9.89. The normalized spacial score (nSPS) is 19.8. The summed E-state index contributed by atoms with van der Waals surface area (Å²) in [6.45, 7) is 1.43. The lowest BCUT2D eigenvalue weighted by Crippen LogP contribution is -2.38. The third-order valence-corrected chi connectivity index (χ3v) is 7.65. The van der Waals surface area contributed by atoms with Crippen LogP contribution in [0.5, 0.6) is 5.75 Å². The second kappa shape index (κ2) is 9.97. The van der Waals surface area contributed by atoms with Crippen LogP contribution in [0.1, 0.15) is 48.9 Å². The van der Waals surface area contributed by atoms with Gasteiger partial charge in [0, 0.05) is 26.2 Å². The van der Waals surface area contributed by atoms with Gasteiger partial charge in [0.25, 0.3) is 5.82 Å². The molecule has 2 aromatic rings. The molecule has 2 aliphatic heterocycles. The minimum absolute atomic E-state index is 0.0473. The Bertz CT molecular complexity index is 1140. The first-order valence-corrected chi connectivity index (χ1v) is 13.0. The van der Waals surface area contributed by atoms with E-state index in [4.69, 9.17) is 4.74 Å². The lowest BCUT2D eigenvalue weighted by Gasteiger charge is -2.32. The molecule has 2 aliphatic rings. The Kier molecular flexibility index (Phi) is 7.34. The Balaban J connectivity index is 1.31. The van der Waals surface area contributed by atoms with Crippen LogP contribution < -0.4 is 4.74 Å². The van der Waals surface area contributed by atoms with E-state index in [-0.39, 0.29) is 42.8 Å². The van der Waals surface area contributed by atoms with Crippen molar-refractivity contribution in [3.05, 3.63) is 41.0 Å². The molecule has 0 radical (unpaired) electrons. The molecule has 2 fully saturated rings. The molecule has 0 N–H and O–H groups in total. The van der Waals surface area contributed by atoms with E-state index in [9.17, 15) is 30.4 Å². The summed E-state index contributed by atoms with van der Waals surface area (Å²) in [5.41, 5.74) is 0.204. The van der Waals surface area contributed by atoms with Crippen LogP contribution in [-0.2, 0) is 22.7 Å². The molecule has 1 aromatic heterocycles. The summed E-state index contributed by atoms with van der Waals surface area (Å²) in [4.78, 5) is 5.16. The van der Waals surface area contributed by atoms with Gasteiger partial charge in [-0.3, -0.25) is 4.90 Å². The van der Waals surface area contributed by atoms with Crippen LogP contribution in [0.25, 0.3) is 0 Å². The number of piperidine rings is 2. The number of nitrogens with zero attached hydrogens (tertiary/aromatic N) is 4. The third kappa shape index (κ3) is 6.09. The molecule has 0 bridgehead atoms. The molecule has 0 aliphatic carbocycles. The first-order valence-electron chi connectivity index (χ1n) is 11.1. The number of benzene rings is 1. The molecule has 2 saturated heterocycles. The predicted molar refractivity (Wildman–Crippen MR) is 113 cm³/mol. The number of likely N-dealkylation sites (tertiary alicyclic amines) is 1. The van der Waals surface area contributed by atoms with Gasteiger partial charge in [-0.1, -0.05) is 11.2 Å². The summed E-state index contributed by atoms with van der Waals surface area (Å²) in [5.74, 6) is -4.04. The zero-order valence-electron chi connectivity index (χ0n) is 18.9.